The van der Waals surface area contributed by atoms with Gasteiger partial charge in [-0.15, -0.1) is 0 Å². The highest BCUT2D eigenvalue weighted by atomic mass is 16.6. The number of aliphatic hydroxyl groups is 1. The summed E-state index contributed by atoms with van der Waals surface area (Å²) in [5, 5.41) is 8.56. The fraction of sp³-hybridized carbons (Fsp3) is 1.00. The Labute approximate surface area is 215 Å². The third kappa shape index (κ3) is 33.7. The smallest absolute Gasteiger partial charge is 0.0701 e. The number of hydrogen-bond donors (Lipinski definition) is 1. The molecule has 0 amide bonds. The molecule has 8 heteroatoms. The van der Waals surface area contributed by atoms with E-state index in [9.17, 15) is 0 Å². The van der Waals surface area contributed by atoms with Crippen molar-refractivity contribution < 1.29 is 38.3 Å². The zero-order valence-corrected chi connectivity index (χ0v) is 22.7. The first-order valence-corrected chi connectivity index (χ1v) is 14.1. The van der Waals surface area contributed by atoms with Gasteiger partial charge in [0.1, 0.15) is 0 Å². The Morgan fingerprint density at radius 3 is 0.886 bits per heavy atom. The lowest BCUT2D eigenvalue weighted by atomic mass is 10.1. The number of ether oxygens (including phenoxy) is 7. The molecule has 0 unspecified atom stereocenters. The Morgan fingerprint density at radius 1 is 0.314 bits per heavy atom. The standard InChI is InChI=1S/C27H56O8/c1-2-3-4-5-6-7-8-9-10-11-12-14-29-16-18-31-20-22-33-24-26-35-27-25-34-23-21-32-19-17-30-15-13-28/h28H,2-27H2,1H3. The van der Waals surface area contributed by atoms with Crippen molar-refractivity contribution >= 4 is 0 Å². The van der Waals surface area contributed by atoms with E-state index in [1.807, 2.05) is 0 Å². The Balaban J connectivity index is 3.00. The molecular weight excluding hydrogens is 452 g/mol. The first kappa shape index (κ1) is 34.7. The fourth-order valence-electron chi connectivity index (χ4n) is 3.35. The number of rotatable bonds is 32. The molecule has 0 fully saturated rings. The molecule has 0 aromatic carbocycles. The van der Waals surface area contributed by atoms with Gasteiger partial charge < -0.3 is 38.3 Å². The molecule has 212 valence electrons. The quantitative estimate of drug-likeness (QED) is 0.134. The summed E-state index contributed by atoms with van der Waals surface area (Å²) in [6.45, 7) is 10.1. The average Bonchev–Trinajstić information content (AvgIpc) is 2.87. The zero-order valence-electron chi connectivity index (χ0n) is 22.7. The molecule has 0 saturated heterocycles. The molecule has 0 aromatic heterocycles. The Morgan fingerprint density at radius 2 is 0.571 bits per heavy atom. The van der Waals surface area contributed by atoms with Crippen LogP contribution in [0.25, 0.3) is 0 Å². The lowest BCUT2D eigenvalue weighted by Crippen LogP contribution is -2.14. The van der Waals surface area contributed by atoms with Gasteiger partial charge in [0.15, 0.2) is 0 Å². The summed E-state index contributed by atoms with van der Waals surface area (Å²) >= 11 is 0. The van der Waals surface area contributed by atoms with Crippen LogP contribution in [0.15, 0.2) is 0 Å². The van der Waals surface area contributed by atoms with Gasteiger partial charge in [-0.2, -0.15) is 0 Å². The molecule has 0 saturated carbocycles. The van der Waals surface area contributed by atoms with E-state index in [1.54, 1.807) is 0 Å². The summed E-state index contributed by atoms with van der Waals surface area (Å²) in [5.74, 6) is 0. The minimum absolute atomic E-state index is 0.0386. The molecule has 0 aliphatic carbocycles. The summed E-state index contributed by atoms with van der Waals surface area (Å²) in [6.07, 6.45) is 14.9. The average molecular weight is 509 g/mol. The molecule has 0 aliphatic heterocycles. The molecule has 0 bridgehead atoms. The lowest BCUT2D eigenvalue weighted by molar-refractivity contribution is -0.0215. The van der Waals surface area contributed by atoms with Gasteiger partial charge in [-0.25, -0.2) is 0 Å². The van der Waals surface area contributed by atoms with Crippen molar-refractivity contribution in [2.24, 2.45) is 0 Å². The second-order valence-electron chi connectivity index (χ2n) is 8.55. The molecule has 0 rings (SSSR count). The number of hydrogen-bond acceptors (Lipinski definition) is 8. The van der Waals surface area contributed by atoms with Gasteiger partial charge in [0.25, 0.3) is 0 Å². The highest BCUT2D eigenvalue weighted by Crippen LogP contribution is 2.11. The van der Waals surface area contributed by atoms with Crippen LogP contribution in [0, 0.1) is 0 Å². The van der Waals surface area contributed by atoms with Gasteiger partial charge >= 0.3 is 0 Å². The molecule has 0 spiro atoms. The van der Waals surface area contributed by atoms with Crippen LogP contribution in [0.5, 0.6) is 0 Å². The highest BCUT2D eigenvalue weighted by Gasteiger charge is 1.96. The van der Waals surface area contributed by atoms with Gasteiger partial charge in [-0.3, -0.25) is 0 Å². The van der Waals surface area contributed by atoms with E-state index in [4.69, 9.17) is 38.3 Å². The van der Waals surface area contributed by atoms with E-state index < -0.39 is 0 Å². The summed E-state index contributed by atoms with van der Waals surface area (Å²) in [6, 6.07) is 0. The minimum Gasteiger partial charge on any atom is -0.394 e. The van der Waals surface area contributed by atoms with E-state index in [-0.39, 0.29) is 6.61 Å². The first-order valence-electron chi connectivity index (χ1n) is 14.1. The predicted octanol–water partition coefficient (Wildman–Crippen LogP) is 4.41. The molecule has 35 heavy (non-hydrogen) atoms. The normalized spacial score (nSPS) is 11.5. The predicted molar refractivity (Wildman–Crippen MR) is 139 cm³/mol. The van der Waals surface area contributed by atoms with Crippen LogP contribution in [0.2, 0.25) is 0 Å². The van der Waals surface area contributed by atoms with E-state index in [0.29, 0.717) is 85.9 Å². The zero-order chi connectivity index (χ0) is 25.3. The number of unbranched alkanes of at least 4 members (excludes halogenated alkanes) is 10. The third-order valence-electron chi connectivity index (χ3n) is 5.36. The monoisotopic (exact) mass is 508 g/mol. The van der Waals surface area contributed by atoms with Crippen molar-refractivity contribution in [2.45, 2.75) is 77.6 Å². The second-order valence-corrected chi connectivity index (χ2v) is 8.55. The summed E-state index contributed by atoms with van der Waals surface area (Å²) in [4.78, 5) is 0. The van der Waals surface area contributed by atoms with Crippen LogP contribution in [-0.2, 0) is 33.2 Å². The van der Waals surface area contributed by atoms with Crippen LogP contribution < -0.4 is 0 Å². The molecule has 8 nitrogen and oxygen atoms in total. The maximum Gasteiger partial charge on any atom is 0.0701 e. The van der Waals surface area contributed by atoms with Crippen molar-refractivity contribution in [3.05, 3.63) is 0 Å². The maximum atomic E-state index is 8.56. The van der Waals surface area contributed by atoms with Crippen LogP contribution in [0.1, 0.15) is 77.6 Å². The molecule has 1 N–H and O–H groups in total. The SMILES string of the molecule is CCCCCCCCCCCCCOCCOCCOCCOCCOCCOCCOCCO. The molecule has 0 heterocycles. The Hall–Kier alpha value is -0.320. The largest absolute Gasteiger partial charge is 0.394 e. The maximum absolute atomic E-state index is 8.56. The molecule has 0 radical (unpaired) electrons. The van der Waals surface area contributed by atoms with Crippen molar-refractivity contribution in [1.29, 1.82) is 0 Å². The van der Waals surface area contributed by atoms with Crippen molar-refractivity contribution in [2.75, 3.05) is 99.1 Å². The van der Waals surface area contributed by atoms with E-state index in [1.165, 1.54) is 64.2 Å². The van der Waals surface area contributed by atoms with Gasteiger partial charge in [0.05, 0.1) is 92.5 Å². The number of aliphatic hydroxyl groups excluding tert-OH is 1. The summed E-state index contributed by atoms with van der Waals surface area (Å²) < 4.78 is 37.9. The van der Waals surface area contributed by atoms with Crippen LogP contribution >= 0.6 is 0 Å². The van der Waals surface area contributed by atoms with Crippen LogP contribution in [0.3, 0.4) is 0 Å². The third-order valence-corrected chi connectivity index (χ3v) is 5.36. The minimum atomic E-state index is 0.0386. The van der Waals surface area contributed by atoms with Crippen molar-refractivity contribution in [3.8, 4) is 0 Å². The van der Waals surface area contributed by atoms with Gasteiger partial charge in [0.2, 0.25) is 0 Å². The Kier molecular flexibility index (Phi) is 33.4. The molecule has 0 aliphatic rings. The second kappa shape index (κ2) is 33.7. The van der Waals surface area contributed by atoms with Gasteiger partial charge in [-0.1, -0.05) is 71.1 Å². The lowest BCUT2D eigenvalue weighted by Gasteiger charge is -2.08. The van der Waals surface area contributed by atoms with Crippen LogP contribution in [0.4, 0.5) is 0 Å². The summed E-state index contributed by atoms with van der Waals surface area (Å²) in [7, 11) is 0. The molecule has 0 atom stereocenters. The summed E-state index contributed by atoms with van der Waals surface area (Å²) in [5.41, 5.74) is 0. The van der Waals surface area contributed by atoms with Crippen LogP contribution in [-0.4, -0.2) is 104 Å². The Bertz CT molecular complexity index is 328. The van der Waals surface area contributed by atoms with E-state index in [2.05, 4.69) is 6.92 Å². The fourth-order valence-corrected chi connectivity index (χ4v) is 3.35. The van der Waals surface area contributed by atoms with Gasteiger partial charge in [0, 0.05) is 6.61 Å². The molecule has 0 aromatic rings. The van der Waals surface area contributed by atoms with Crippen molar-refractivity contribution in [1.82, 2.24) is 0 Å². The molecular formula is C27H56O8. The first-order chi connectivity index (χ1) is 17.4. The van der Waals surface area contributed by atoms with Crippen molar-refractivity contribution in [3.63, 3.8) is 0 Å². The van der Waals surface area contributed by atoms with E-state index >= 15 is 0 Å². The highest BCUT2D eigenvalue weighted by molar-refractivity contribution is 4.48. The topological polar surface area (TPSA) is 84.8 Å². The van der Waals surface area contributed by atoms with Gasteiger partial charge in [-0.05, 0) is 6.42 Å². The van der Waals surface area contributed by atoms with E-state index in [0.717, 1.165) is 13.0 Å².